The summed E-state index contributed by atoms with van der Waals surface area (Å²) in [5.74, 6) is 0.125. The van der Waals surface area contributed by atoms with E-state index in [1.165, 1.54) is 0 Å². The van der Waals surface area contributed by atoms with E-state index in [1.54, 1.807) is 4.90 Å². The summed E-state index contributed by atoms with van der Waals surface area (Å²) in [6, 6.07) is 7.83. The molecule has 2 aromatic rings. The normalized spacial score (nSPS) is 19.1. The fourth-order valence-electron chi connectivity index (χ4n) is 4.67. The summed E-state index contributed by atoms with van der Waals surface area (Å²) in [6.45, 7) is 7.97. The smallest absolute Gasteiger partial charge is 0.410 e. The van der Waals surface area contributed by atoms with Crippen LogP contribution in [-0.2, 0) is 9.53 Å². The van der Waals surface area contributed by atoms with Gasteiger partial charge in [0, 0.05) is 38.1 Å². The second kappa shape index (κ2) is 8.40. The van der Waals surface area contributed by atoms with Crippen LogP contribution < -0.4 is 5.69 Å². The van der Waals surface area contributed by atoms with E-state index in [0.717, 1.165) is 23.9 Å². The molecule has 0 atom stereocenters. The SMILES string of the molecule is CC(C)(C)OC(=O)N1CCC(C(=O)N2CCC(n3c(=O)[nH]c4ccccc43)CC2)CC1. The Kier molecular flexibility index (Phi) is 5.81. The first-order valence-corrected chi connectivity index (χ1v) is 11.2. The van der Waals surface area contributed by atoms with Crippen molar-refractivity contribution in [2.75, 3.05) is 26.2 Å². The summed E-state index contributed by atoms with van der Waals surface area (Å²) in [7, 11) is 0. The van der Waals surface area contributed by atoms with E-state index in [1.807, 2.05) is 54.5 Å². The molecule has 2 saturated heterocycles. The standard InChI is InChI=1S/C23H32N4O4/c1-23(2,3)31-22(30)26-12-8-16(9-13-26)20(28)25-14-10-17(11-15-25)27-19-7-5-4-6-18(19)24-21(27)29/h4-7,16-17H,8-15H2,1-3H3,(H,24,29). The van der Waals surface area contributed by atoms with Gasteiger partial charge in [-0.05, 0) is 58.6 Å². The van der Waals surface area contributed by atoms with Crippen molar-refractivity contribution in [1.29, 1.82) is 0 Å². The van der Waals surface area contributed by atoms with Crippen molar-refractivity contribution in [3.05, 3.63) is 34.7 Å². The molecule has 168 valence electrons. The summed E-state index contributed by atoms with van der Waals surface area (Å²) in [5.41, 5.74) is 1.18. The average molecular weight is 429 g/mol. The zero-order chi connectivity index (χ0) is 22.2. The number of aromatic nitrogens is 2. The first-order chi connectivity index (χ1) is 14.7. The lowest BCUT2D eigenvalue weighted by atomic mass is 9.94. The molecule has 2 aliphatic heterocycles. The first kappa shape index (κ1) is 21.5. The second-order valence-electron chi connectivity index (χ2n) is 9.62. The molecule has 0 aliphatic carbocycles. The number of benzene rings is 1. The van der Waals surface area contributed by atoms with Gasteiger partial charge in [-0.2, -0.15) is 0 Å². The van der Waals surface area contributed by atoms with Crippen LogP contribution in [0, 0.1) is 5.92 Å². The molecule has 1 N–H and O–H groups in total. The number of carbonyl (C=O) groups excluding carboxylic acids is 2. The van der Waals surface area contributed by atoms with Crippen LogP contribution in [0.4, 0.5) is 4.79 Å². The van der Waals surface area contributed by atoms with Crippen LogP contribution >= 0.6 is 0 Å². The van der Waals surface area contributed by atoms with Gasteiger partial charge < -0.3 is 19.5 Å². The maximum absolute atomic E-state index is 13.0. The Balaban J connectivity index is 1.31. The Morgan fingerprint density at radius 2 is 1.58 bits per heavy atom. The molecule has 8 heteroatoms. The van der Waals surface area contributed by atoms with Crippen molar-refractivity contribution in [3.63, 3.8) is 0 Å². The largest absolute Gasteiger partial charge is 0.444 e. The van der Waals surface area contributed by atoms with Gasteiger partial charge >= 0.3 is 11.8 Å². The fraction of sp³-hybridized carbons (Fsp3) is 0.609. The van der Waals surface area contributed by atoms with Crippen molar-refractivity contribution in [3.8, 4) is 0 Å². The monoisotopic (exact) mass is 428 g/mol. The number of aromatic amines is 1. The quantitative estimate of drug-likeness (QED) is 0.796. The summed E-state index contributed by atoms with van der Waals surface area (Å²) < 4.78 is 7.28. The lowest BCUT2D eigenvalue weighted by molar-refractivity contribution is -0.138. The molecule has 2 fully saturated rings. The molecule has 31 heavy (non-hydrogen) atoms. The maximum Gasteiger partial charge on any atom is 0.410 e. The summed E-state index contributed by atoms with van der Waals surface area (Å²) in [4.78, 5) is 44.3. The summed E-state index contributed by atoms with van der Waals surface area (Å²) in [5, 5.41) is 0. The number of amides is 2. The number of ether oxygens (including phenoxy) is 1. The molecule has 8 nitrogen and oxygen atoms in total. The molecular formula is C23H32N4O4. The zero-order valence-corrected chi connectivity index (χ0v) is 18.6. The third kappa shape index (κ3) is 4.62. The maximum atomic E-state index is 13.0. The fourth-order valence-corrected chi connectivity index (χ4v) is 4.67. The van der Waals surface area contributed by atoms with Gasteiger partial charge in [0.05, 0.1) is 11.0 Å². The number of likely N-dealkylation sites (tertiary alicyclic amines) is 2. The summed E-state index contributed by atoms with van der Waals surface area (Å²) in [6.07, 6.45) is 2.57. The topological polar surface area (TPSA) is 87.6 Å². The highest BCUT2D eigenvalue weighted by molar-refractivity contribution is 5.79. The van der Waals surface area contributed by atoms with Gasteiger partial charge in [0.2, 0.25) is 5.91 Å². The molecule has 0 saturated carbocycles. The minimum absolute atomic E-state index is 0.0500. The number of hydrogen-bond donors (Lipinski definition) is 1. The van der Waals surface area contributed by atoms with E-state index in [9.17, 15) is 14.4 Å². The van der Waals surface area contributed by atoms with Crippen LogP contribution in [0.25, 0.3) is 11.0 Å². The number of H-pyrrole nitrogens is 1. The number of fused-ring (bicyclic) bond motifs is 1. The van der Waals surface area contributed by atoms with E-state index >= 15 is 0 Å². The molecule has 0 radical (unpaired) electrons. The number of piperidine rings is 2. The van der Waals surface area contributed by atoms with E-state index in [4.69, 9.17) is 4.74 Å². The number of nitrogens with one attached hydrogen (secondary N) is 1. The van der Waals surface area contributed by atoms with Crippen LogP contribution in [0.15, 0.2) is 29.1 Å². The predicted molar refractivity (Wildman–Crippen MR) is 118 cm³/mol. The molecule has 1 aromatic carbocycles. The third-order valence-electron chi connectivity index (χ3n) is 6.26. The molecule has 0 unspecified atom stereocenters. The van der Waals surface area contributed by atoms with E-state index in [0.29, 0.717) is 39.0 Å². The van der Waals surface area contributed by atoms with Crippen molar-refractivity contribution < 1.29 is 14.3 Å². The number of imidazole rings is 1. The number of hydrogen-bond acceptors (Lipinski definition) is 4. The minimum atomic E-state index is -0.513. The molecule has 2 aliphatic rings. The molecule has 3 heterocycles. The second-order valence-corrected chi connectivity index (χ2v) is 9.62. The van der Waals surface area contributed by atoms with Gasteiger partial charge in [-0.25, -0.2) is 9.59 Å². The Morgan fingerprint density at radius 3 is 2.23 bits per heavy atom. The summed E-state index contributed by atoms with van der Waals surface area (Å²) >= 11 is 0. The minimum Gasteiger partial charge on any atom is -0.444 e. The molecule has 4 rings (SSSR count). The van der Waals surface area contributed by atoms with Crippen LogP contribution in [0.1, 0.15) is 52.5 Å². The number of rotatable bonds is 2. The molecule has 0 spiro atoms. The highest BCUT2D eigenvalue weighted by atomic mass is 16.6. The Hall–Kier alpha value is -2.77. The van der Waals surface area contributed by atoms with Gasteiger partial charge in [-0.3, -0.25) is 9.36 Å². The first-order valence-electron chi connectivity index (χ1n) is 11.2. The molecule has 1 aromatic heterocycles. The number of carbonyl (C=O) groups is 2. The van der Waals surface area contributed by atoms with Crippen molar-refractivity contribution in [1.82, 2.24) is 19.4 Å². The number of para-hydroxylation sites is 2. The molecule has 2 amide bonds. The Bertz CT molecular complexity index is 1000. The van der Waals surface area contributed by atoms with Crippen LogP contribution in [0.3, 0.4) is 0 Å². The van der Waals surface area contributed by atoms with Gasteiger partial charge in [0.15, 0.2) is 0 Å². The van der Waals surface area contributed by atoms with Gasteiger partial charge in [0.25, 0.3) is 0 Å². The van der Waals surface area contributed by atoms with Crippen molar-refractivity contribution in [2.45, 2.75) is 58.1 Å². The lowest BCUT2D eigenvalue weighted by Gasteiger charge is -2.37. The number of nitrogens with zero attached hydrogens (tertiary/aromatic N) is 3. The van der Waals surface area contributed by atoms with Crippen molar-refractivity contribution >= 4 is 23.0 Å². The Labute approximate surface area is 182 Å². The highest BCUT2D eigenvalue weighted by Crippen LogP contribution is 2.28. The highest BCUT2D eigenvalue weighted by Gasteiger charge is 2.34. The van der Waals surface area contributed by atoms with E-state index in [2.05, 4.69) is 4.98 Å². The van der Waals surface area contributed by atoms with Crippen LogP contribution in [0.5, 0.6) is 0 Å². The Morgan fingerprint density at radius 1 is 0.968 bits per heavy atom. The van der Waals surface area contributed by atoms with Gasteiger partial charge in [-0.15, -0.1) is 0 Å². The van der Waals surface area contributed by atoms with Crippen molar-refractivity contribution in [2.24, 2.45) is 5.92 Å². The van der Waals surface area contributed by atoms with Crippen LogP contribution in [0.2, 0.25) is 0 Å². The molecular weight excluding hydrogens is 396 g/mol. The zero-order valence-electron chi connectivity index (χ0n) is 18.6. The van der Waals surface area contributed by atoms with E-state index < -0.39 is 5.60 Å². The molecule has 0 bridgehead atoms. The van der Waals surface area contributed by atoms with Gasteiger partial charge in [0.1, 0.15) is 5.60 Å². The van der Waals surface area contributed by atoms with E-state index in [-0.39, 0.29) is 29.6 Å². The predicted octanol–water partition coefficient (Wildman–Crippen LogP) is 3.14. The van der Waals surface area contributed by atoms with Crippen LogP contribution in [-0.4, -0.2) is 63.1 Å². The third-order valence-corrected chi connectivity index (χ3v) is 6.26. The average Bonchev–Trinajstić information content (AvgIpc) is 3.08. The van der Waals surface area contributed by atoms with Gasteiger partial charge in [-0.1, -0.05) is 12.1 Å². The lowest BCUT2D eigenvalue weighted by Crippen LogP contribution is -2.47.